The van der Waals surface area contributed by atoms with Crippen LogP contribution >= 0.6 is 0 Å². The van der Waals surface area contributed by atoms with Crippen molar-refractivity contribution in [2.45, 2.75) is 5.41 Å². The molecule has 4 aromatic carbocycles. The van der Waals surface area contributed by atoms with Gasteiger partial charge in [0.2, 0.25) is 0 Å². The molecule has 0 N–H and O–H groups in total. The molecule has 0 atom stereocenters. The minimum absolute atomic E-state index is 0.301. The zero-order valence-electron chi connectivity index (χ0n) is 14.5. The Bertz CT molecular complexity index is 1070. The molecule has 0 saturated carbocycles. The molecule has 27 heavy (non-hydrogen) atoms. The smallest absolute Gasteiger partial charge is 0.123 e. The van der Waals surface area contributed by atoms with Gasteiger partial charge < -0.3 is 0 Å². The third-order valence-corrected chi connectivity index (χ3v) is 5.47. The van der Waals surface area contributed by atoms with Gasteiger partial charge in [-0.15, -0.1) is 0 Å². The van der Waals surface area contributed by atoms with Gasteiger partial charge in [-0.2, -0.15) is 0 Å². The summed E-state index contributed by atoms with van der Waals surface area (Å²) in [5, 5.41) is 0. The summed E-state index contributed by atoms with van der Waals surface area (Å²) in [6, 6.07) is 29.5. The Labute approximate surface area is 156 Å². The van der Waals surface area contributed by atoms with Gasteiger partial charge in [0, 0.05) is 0 Å². The molecule has 0 heterocycles. The van der Waals surface area contributed by atoms with E-state index in [4.69, 9.17) is 0 Å². The average Bonchev–Trinajstić information content (AvgIpc) is 3.00. The Hall–Kier alpha value is -3.26. The monoisotopic (exact) mass is 354 g/mol. The standard InChI is InChI=1S/C25H16F2/c26-19-9-5-7-17(15-19)25(18-8-6-10-20(27)16-18)23-13-3-1-11-21(23)22-12-2-4-14-24(22)25/h1-16H. The van der Waals surface area contributed by atoms with Crippen molar-refractivity contribution in [2.24, 2.45) is 0 Å². The van der Waals surface area contributed by atoms with Gasteiger partial charge in [0.1, 0.15) is 11.6 Å². The molecule has 0 unspecified atom stereocenters. The Morgan fingerprint density at radius 3 is 1.37 bits per heavy atom. The van der Waals surface area contributed by atoms with Crippen LogP contribution in [0.25, 0.3) is 11.1 Å². The summed E-state index contributed by atoms with van der Waals surface area (Å²) < 4.78 is 28.5. The van der Waals surface area contributed by atoms with Crippen molar-refractivity contribution in [2.75, 3.05) is 0 Å². The fourth-order valence-corrected chi connectivity index (χ4v) is 4.47. The highest BCUT2D eigenvalue weighted by Gasteiger charge is 2.46. The van der Waals surface area contributed by atoms with Gasteiger partial charge in [-0.1, -0.05) is 72.8 Å². The largest absolute Gasteiger partial charge is 0.207 e. The van der Waals surface area contributed by atoms with Crippen LogP contribution in [0.5, 0.6) is 0 Å². The quantitative estimate of drug-likeness (QED) is 0.348. The molecule has 5 rings (SSSR count). The second kappa shape index (κ2) is 5.88. The van der Waals surface area contributed by atoms with Gasteiger partial charge in [-0.25, -0.2) is 8.78 Å². The van der Waals surface area contributed by atoms with E-state index in [9.17, 15) is 8.78 Å². The second-order valence-corrected chi connectivity index (χ2v) is 6.86. The van der Waals surface area contributed by atoms with Gasteiger partial charge in [-0.05, 0) is 57.6 Å². The zero-order valence-corrected chi connectivity index (χ0v) is 14.5. The molecule has 0 nitrogen and oxygen atoms in total. The first-order valence-corrected chi connectivity index (χ1v) is 8.93. The lowest BCUT2D eigenvalue weighted by Crippen LogP contribution is -2.28. The van der Waals surface area contributed by atoms with Gasteiger partial charge >= 0.3 is 0 Å². The molecule has 4 aromatic rings. The molecule has 0 fully saturated rings. The van der Waals surface area contributed by atoms with Crippen molar-refractivity contribution < 1.29 is 8.78 Å². The summed E-state index contributed by atoms with van der Waals surface area (Å²) in [5.41, 5.74) is 5.13. The van der Waals surface area contributed by atoms with Gasteiger partial charge in [0.05, 0.1) is 5.41 Å². The van der Waals surface area contributed by atoms with Gasteiger partial charge in [0.15, 0.2) is 0 Å². The van der Waals surface area contributed by atoms with Gasteiger partial charge in [0.25, 0.3) is 0 Å². The molecule has 2 heteroatoms. The minimum atomic E-state index is -0.753. The minimum Gasteiger partial charge on any atom is -0.207 e. The Morgan fingerprint density at radius 1 is 0.481 bits per heavy atom. The predicted molar refractivity (Wildman–Crippen MR) is 104 cm³/mol. The third kappa shape index (κ3) is 2.20. The first-order valence-electron chi connectivity index (χ1n) is 8.93. The SMILES string of the molecule is Fc1cccc(C2(c3cccc(F)c3)c3ccccc3-c3ccccc32)c1. The fraction of sp³-hybridized carbons (Fsp3) is 0.0400. The number of hydrogen-bond donors (Lipinski definition) is 0. The molecule has 0 amide bonds. The Balaban J connectivity index is 1.98. The lowest BCUT2D eigenvalue weighted by molar-refractivity contribution is 0.614. The second-order valence-electron chi connectivity index (χ2n) is 6.86. The van der Waals surface area contributed by atoms with Crippen LogP contribution < -0.4 is 0 Å². The van der Waals surface area contributed by atoms with Crippen molar-refractivity contribution in [1.29, 1.82) is 0 Å². The number of halogens is 2. The summed E-state index contributed by atoms with van der Waals surface area (Å²) in [5.74, 6) is -0.602. The summed E-state index contributed by atoms with van der Waals surface area (Å²) in [6.07, 6.45) is 0. The van der Waals surface area contributed by atoms with Crippen LogP contribution in [0.15, 0.2) is 97.1 Å². The van der Waals surface area contributed by atoms with Crippen LogP contribution in [0.2, 0.25) is 0 Å². The van der Waals surface area contributed by atoms with Crippen LogP contribution in [-0.4, -0.2) is 0 Å². The lowest BCUT2D eigenvalue weighted by atomic mass is 9.67. The van der Waals surface area contributed by atoms with Crippen molar-refractivity contribution >= 4 is 0 Å². The normalized spacial score (nSPS) is 13.9. The fourth-order valence-electron chi connectivity index (χ4n) is 4.47. The van der Waals surface area contributed by atoms with E-state index < -0.39 is 5.41 Å². The number of rotatable bonds is 2. The summed E-state index contributed by atoms with van der Waals surface area (Å²) in [7, 11) is 0. The van der Waals surface area contributed by atoms with Crippen molar-refractivity contribution in [3.8, 4) is 11.1 Å². The molecule has 0 aromatic heterocycles. The van der Waals surface area contributed by atoms with E-state index in [2.05, 4.69) is 24.3 Å². The Morgan fingerprint density at radius 2 is 0.926 bits per heavy atom. The van der Waals surface area contributed by atoms with E-state index in [0.29, 0.717) is 0 Å². The van der Waals surface area contributed by atoms with Crippen molar-refractivity contribution in [3.05, 3.63) is 131 Å². The molecule has 0 saturated heterocycles. The van der Waals surface area contributed by atoms with Crippen molar-refractivity contribution in [3.63, 3.8) is 0 Å². The molecular formula is C25H16F2. The number of hydrogen-bond acceptors (Lipinski definition) is 0. The third-order valence-electron chi connectivity index (χ3n) is 5.47. The van der Waals surface area contributed by atoms with E-state index in [1.807, 2.05) is 36.4 Å². The van der Waals surface area contributed by atoms with Crippen molar-refractivity contribution in [1.82, 2.24) is 0 Å². The zero-order chi connectivity index (χ0) is 18.4. The summed E-state index contributed by atoms with van der Waals surface area (Å²) in [4.78, 5) is 0. The predicted octanol–water partition coefficient (Wildman–Crippen LogP) is 6.33. The summed E-state index contributed by atoms with van der Waals surface area (Å²) >= 11 is 0. The molecule has 0 bridgehead atoms. The number of fused-ring (bicyclic) bond motifs is 3. The average molecular weight is 354 g/mol. The maximum atomic E-state index is 14.3. The van der Waals surface area contributed by atoms with E-state index in [1.165, 1.54) is 12.1 Å². The highest BCUT2D eigenvalue weighted by Crippen LogP contribution is 2.55. The first kappa shape index (κ1) is 16.0. The maximum absolute atomic E-state index is 14.3. The van der Waals surface area contributed by atoms with Gasteiger partial charge in [-0.3, -0.25) is 0 Å². The van der Waals surface area contributed by atoms with E-state index in [0.717, 1.165) is 33.4 Å². The van der Waals surface area contributed by atoms with E-state index in [1.54, 1.807) is 24.3 Å². The Kier molecular flexibility index (Phi) is 3.48. The highest BCUT2D eigenvalue weighted by atomic mass is 19.1. The highest BCUT2D eigenvalue weighted by molar-refractivity contribution is 5.86. The maximum Gasteiger partial charge on any atom is 0.123 e. The van der Waals surface area contributed by atoms with Crippen LogP contribution in [-0.2, 0) is 5.41 Å². The number of benzene rings is 4. The molecule has 130 valence electrons. The molecule has 1 aliphatic carbocycles. The van der Waals surface area contributed by atoms with Crippen LogP contribution in [0.3, 0.4) is 0 Å². The van der Waals surface area contributed by atoms with E-state index >= 15 is 0 Å². The lowest BCUT2D eigenvalue weighted by Gasteiger charge is -2.33. The molecule has 0 spiro atoms. The summed E-state index contributed by atoms with van der Waals surface area (Å²) in [6.45, 7) is 0. The van der Waals surface area contributed by atoms with Crippen LogP contribution in [0, 0.1) is 11.6 Å². The van der Waals surface area contributed by atoms with Crippen LogP contribution in [0.4, 0.5) is 8.78 Å². The molecule has 0 aliphatic heterocycles. The molecule has 0 radical (unpaired) electrons. The van der Waals surface area contributed by atoms with E-state index in [-0.39, 0.29) is 11.6 Å². The first-order chi connectivity index (χ1) is 13.2. The van der Waals surface area contributed by atoms with Crippen LogP contribution in [0.1, 0.15) is 22.3 Å². The molecule has 1 aliphatic rings. The molecular weight excluding hydrogens is 338 g/mol. The topological polar surface area (TPSA) is 0 Å².